The number of hydrogen-bond donors (Lipinski definition) is 2. The fourth-order valence-corrected chi connectivity index (χ4v) is 9.94. The molecule has 32 heavy (non-hydrogen) atoms. The molecule has 2 heterocycles. The molecule has 1 aromatic carbocycles. The third kappa shape index (κ3) is 2.01. The lowest BCUT2D eigenvalue weighted by atomic mass is 9.33. The number of ether oxygens (including phenoxy) is 2. The minimum atomic E-state index is -0.848. The van der Waals surface area contributed by atoms with Crippen molar-refractivity contribution in [2.24, 2.45) is 17.3 Å². The van der Waals surface area contributed by atoms with Gasteiger partial charge in [0.15, 0.2) is 11.5 Å². The normalized spacial score (nSPS) is 47.8. The molecule has 2 N–H and O–H groups in total. The first-order chi connectivity index (χ1) is 15.1. The fraction of sp³-hybridized carbons (Fsp3) is 0.778. The van der Waals surface area contributed by atoms with E-state index >= 15 is 0 Å². The van der Waals surface area contributed by atoms with Crippen LogP contribution in [0.4, 0.5) is 0 Å². The number of benzene rings is 1. The van der Waals surface area contributed by atoms with Crippen molar-refractivity contribution in [1.29, 1.82) is 0 Å². The lowest BCUT2D eigenvalue weighted by Crippen LogP contribution is -2.84. The molecule has 0 unspecified atom stereocenters. The predicted molar refractivity (Wildman–Crippen MR) is 121 cm³/mol. The largest absolute Gasteiger partial charge is 0.504 e. The van der Waals surface area contributed by atoms with E-state index in [-0.39, 0.29) is 28.6 Å². The third-order valence-electron chi connectivity index (χ3n) is 11.2. The number of likely N-dealkylation sites (N-methyl/N-ethyl adjacent to an activating group) is 1. The monoisotopic (exact) mass is 440 g/mol. The summed E-state index contributed by atoms with van der Waals surface area (Å²) in [6, 6.07) is 4.55. The highest BCUT2D eigenvalue weighted by Crippen LogP contribution is 2.78. The Bertz CT molecular complexity index is 1010. The molecule has 2 aliphatic heterocycles. The lowest BCUT2D eigenvalue weighted by molar-refractivity contribution is -0.952. The summed E-state index contributed by atoms with van der Waals surface area (Å²) in [4.78, 5) is 0. The van der Waals surface area contributed by atoms with Crippen LogP contribution in [0.25, 0.3) is 0 Å². The highest BCUT2D eigenvalue weighted by Gasteiger charge is 2.84. The summed E-state index contributed by atoms with van der Waals surface area (Å²) in [5, 5.41) is 22.3. The molecule has 7 aliphatic rings. The van der Waals surface area contributed by atoms with Gasteiger partial charge in [-0.15, -0.1) is 0 Å². The van der Waals surface area contributed by atoms with Crippen LogP contribution in [0.15, 0.2) is 12.1 Å². The van der Waals surface area contributed by atoms with Gasteiger partial charge in [0.05, 0.1) is 37.2 Å². The van der Waals surface area contributed by atoms with Crippen molar-refractivity contribution in [3.8, 4) is 11.5 Å². The van der Waals surface area contributed by atoms with Gasteiger partial charge in [0.25, 0.3) is 0 Å². The molecule has 0 aromatic heterocycles. The molecule has 5 fully saturated rings. The number of methoxy groups -OCH3 is 1. The summed E-state index contributed by atoms with van der Waals surface area (Å²) in [6.45, 7) is 6.38. The average molecular weight is 441 g/mol. The Morgan fingerprint density at radius 1 is 1.22 bits per heavy atom. The minimum Gasteiger partial charge on any atom is -0.504 e. The minimum absolute atomic E-state index is 0.0138. The zero-order chi connectivity index (χ0) is 22.3. The Morgan fingerprint density at radius 2 is 2.00 bits per heavy atom. The number of fused-ring (bicyclic) bond motifs is 2. The zero-order valence-electron chi connectivity index (χ0n) is 20.0. The van der Waals surface area contributed by atoms with Crippen molar-refractivity contribution in [2.75, 3.05) is 27.2 Å². The summed E-state index contributed by atoms with van der Waals surface area (Å²) >= 11 is 0. The van der Waals surface area contributed by atoms with E-state index in [1.54, 1.807) is 0 Å². The van der Waals surface area contributed by atoms with Crippen LogP contribution >= 0.6 is 0 Å². The summed E-state index contributed by atoms with van der Waals surface area (Å²) < 4.78 is 14.4. The van der Waals surface area contributed by atoms with E-state index in [1.165, 1.54) is 37.1 Å². The van der Waals surface area contributed by atoms with Crippen molar-refractivity contribution in [1.82, 2.24) is 0 Å². The van der Waals surface area contributed by atoms with Gasteiger partial charge < -0.3 is 24.2 Å². The number of piperidine rings is 1. The van der Waals surface area contributed by atoms with Gasteiger partial charge in [0.2, 0.25) is 0 Å². The lowest BCUT2D eigenvalue weighted by Gasteiger charge is -2.75. The van der Waals surface area contributed by atoms with Crippen LogP contribution in [0.3, 0.4) is 0 Å². The summed E-state index contributed by atoms with van der Waals surface area (Å²) in [5.74, 6) is 1.88. The Labute approximate surface area is 191 Å². The van der Waals surface area contributed by atoms with E-state index in [4.69, 9.17) is 9.47 Å². The molecule has 4 saturated carbocycles. The molecule has 0 radical (unpaired) electrons. The van der Waals surface area contributed by atoms with Crippen LogP contribution in [0.5, 0.6) is 11.5 Å². The van der Waals surface area contributed by atoms with Crippen LogP contribution in [-0.4, -0.2) is 65.3 Å². The smallest absolute Gasteiger partial charge is 0.165 e. The number of aromatic hydroxyl groups is 1. The van der Waals surface area contributed by atoms with Gasteiger partial charge in [-0.1, -0.05) is 6.07 Å². The molecule has 5 nitrogen and oxygen atoms in total. The van der Waals surface area contributed by atoms with E-state index in [0.717, 1.165) is 42.5 Å². The van der Waals surface area contributed by atoms with Crippen LogP contribution in [-0.2, 0) is 16.6 Å². The van der Waals surface area contributed by atoms with E-state index in [9.17, 15) is 10.2 Å². The molecule has 4 bridgehead atoms. The second kappa shape index (κ2) is 5.67. The van der Waals surface area contributed by atoms with Crippen LogP contribution in [0.1, 0.15) is 63.5 Å². The second-order valence-electron chi connectivity index (χ2n) is 12.9. The summed E-state index contributed by atoms with van der Waals surface area (Å²) in [7, 11) is 4.34. The highest BCUT2D eigenvalue weighted by atomic mass is 16.6. The first kappa shape index (κ1) is 20.1. The molecule has 1 aromatic rings. The maximum atomic E-state index is 11.4. The van der Waals surface area contributed by atoms with Crippen LogP contribution in [0, 0.1) is 17.3 Å². The zero-order valence-corrected chi connectivity index (χ0v) is 20.0. The molecule has 5 heteroatoms. The number of rotatable bonds is 4. The fourth-order valence-electron chi connectivity index (χ4n) is 9.94. The molecule has 0 amide bonds. The van der Waals surface area contributed by atoms with E-state index in [2.05, 4.69) is 13.1 Å². The molecule has 174 valence electrons. The van der Waals surface area contributed by atoms with Gasteiger partial charge in [0, 0.05) is 42.8 Å². The summed E-state index contributed by atoms with van der Waals surface area (Å²) in [5.41, 5.74) is 1.27. The number of hydrogen-bond acceptors (Lipinski definition) is 4. The quantitative estimate of drug-likeness (QED) is 0.704. The maximum Gasteiger partial charge on any atom is 0.165 e. The first-order valence-corrected chi connectivity index (χ1v) is 12.8. The molecular formula is C27H38NO4+. The van der Waals surface area contributed by atoms with Crippen LogP contribution in [0.2, 0.25) is 0 Å². The van der Waals surface area contributed by atoms with Crippen molar-refractivity contribution >= 4 is 0 Å². The number of nitrogens with zero attached hydrogens (tertiary/aromatic N) is 1. The number of phenolic OH excluding ortho intramolecular Hbond substituents is 1. The van der Waals surface area contributed by atoms with Gasteiger partial charge in [-0.05, 0) is 57.6 Å². The SMILES string of the molecule is CO[C@]12CC[C@@]3(C[C@@H]1C(C)(C)O)[C@H]1Cc4ccc(O)c5c4[C@@]3(CC[N@+]1(C)CC1CC1)[C@H]2O5. The Kier molecular flexibility index (Phi) is 3.56. The number of quaternary nitrogens is 1. The Balaban J connectivity index is 1.51. The van der Waals surface area contributed by atoms with E-state index in [0.29, 0.717) is 11.8 Å². The highest BCUT2D eigenvalue weighted by molar-refractivity contribution is 5.63. The number of likely N-dealkylation sites (tertiary alicyclic amines) is 1. The van der Waals surface area contributed by atoms with Gasteiger partial charge in [-0.3, -0.25) is 0 Å². The maximum absolute atomic E-state index is 11.4. The van der Waals surface area contributed by atoms with Gasteiger partial charge >= 0.3 is 0 Å². The standard InChI is InChI=1S/C27H37NO4/c1-24(2,30)19-14-25-9-10-27(19,31-4)23-26(25)11-12-28(3,15-16-5-6-16)20(25)13-17-7-8-18(29)22(32-23)21(17)26/h7-8,16,19-20,23,30H,5-6,9-15H2,1-4H3/p+1/t19-,20-,23-,25-,26+,27-,28-/m1/s1. The van der Waals surface area contributed by atoms with Gasteiger partial charge in [-0.25, -0.2) is 0 Å². The van der Waals surface area contributed by atoms with Crippen molar-refractivity contribution in [3.63, 3.8) is 0 Å². The molecule has 2 spiro atoms. The van der Waals surface area contributed by atoms with E-state index < -0.39 is 11.2 Å². The van der Waals surface area contributed by atoms with Gasteiger partial charge in [0.1, 0.15) is 11.7 Å². The molecule has 1 saturated heterocycles. The molecule has 8 rings (SSSR count). The van der Waals surface area contributed by atoms with Crippen LogP contribution < -0.4 is 4.74 Å². The van der Waals surface area contributed by atoms with Crippen molar-refractivity contribution in [3.05, 3.63) is 23.3 Å². The predicted octanol–water partition coefficient (Wildman–Crippen LogP) is 3.53. The number of phenols is 1. The molecule has 7 atom stereocenters. The Hall–Kier alpha value is -1.30. The summed E-state index contributed by atoms with van der Waals surface area (Å²) in [6.07, 6.45) is 7.82. The van der Waals surface area contributed by atoms with Crippen molar-refractivity contribution < 1.29 is 24.2 Å². The molecule has 5 aliphatic carbocycles. The van der Waals surface area contributed by atoms with Gasteiger partial charge in [-0.2, -0.15) is 0 Å². The number of aliphatic hydroxyl groups is 1. The average Bonchev–Trinajstić information content (AvgIpc) is 3.47. The van der Waals surface area contributed by atoms with Crippen molar-refractivity contribution in [2.45, 2.75) is 87.6 Å². The second-order valence-corrected chi connectivity index (χ2v) is 12.9. The molecular weight excluding hydrogens is 402 g/mol. The first-order valence-electron chi connectivity index (χ1n) is 12.8. The topological polar surface area (TPSA) is 58.9 Å². The third-order valence-corrected chi connectivity index (χ3v) is 11.2. The Morgan fingerprint density at radius 3 is 2.69 bits per heavy atom. The van der Waals surface area contributed by atoms with E-state index in [1.807, 2.05) is 27.0 Å².